The fraction of sp³-hybridized carbons (Fsp3) is 0.938. The van der Waals surface area contributed by atoms with Gasteiger partial charge in [0.25, 0.3) is 0 Å². The van der Waals surface area contributed by atoms with Crippen LogP contribution in [0.2, 0.25) is 0 Å². The van der Waals surface area contributed by atoms with Crippen molar-refractivity contribution in [2.24, 2.45) is 0 Å². The molecule has 2 aliphatic rings. The van der Waals surface area contributed by atoms with Gasteiger partial charge in [0, 0.05) is 46.7 Å². The lowest BCUT2D eigenvalue weighted by Gasteiger charge is -2.47. The molecule has 0 bridgehead atoms. The molecule has 2 fully saturated rings. The molecular weight excluding hydrogens is 330 g/mol. The number of carbonyl (C=O) groups is 1. The maximum absolute atomic E-state index is 11.8. The predicted molar refractivity (Wildman–Crippen MR) is 93.3 cm³/mol. The van der Waals surface area contributed by atoms with E-state index in [1.807, 2.05) is 11.8 Å². The average Bonchev–Trinajstić information content (AvgIpc) is 2.55. The van der Waals surface area contributed by atoms with E-state index in [4.69, 9.17) is 4.74 Å². The number of carbonyl (C=O) groups excluding carboxylic acids is 1. The summed E-state index contributed by atoms with van der Waals surface area (Å²) in [6, 6.07) is 0. The molecular formula is C16H31N3O4S. The number of sulfonamides is 1. The Balaban J connectivity index is 1.81. The lowest BCUT2D eigenvalue weighted by Crippen LogP contribution is -2.57. The van der Waals surface area contributed by atoms with E-state index in [1.54, 1.807) is 14.1 Å². The van der Waals surface area contributed by atoms with E-state index in [-0.39, 0.29) is 17.3 Å². The molecule has 1 amide bonds. The van der Waals surface area contributed by atoms with Gasteiger partial charge < -0.3 is 9.64 Å². The van der Waals surface area contributed by atoms with E-state index >= 15 is 0 Å². The summed E-state index contributed by atoms with van der Waals surface area (Å²) in [5.41, 5.74) is -0.163. The molecule has 0 N–H and O–H groups in total. The van der Waals surface area contributed by atoms with Gasteiger partial charge in [-0.05, 0) is 25.8 Å². The fourth-order valence-electron chi connectivity index (χ4n) is 3.46. The number of likely N-dealkylation sites (tertiary alicyclic amines) is 1. The SMILES string of the molecule is CCC(=O)N1CCC2(CC1)CN(CCCS(=O)(=O)N(C)C)CCO2. The van der Waals surface area contributed by atoms with Gasteiger partial charge in [-0.2, -0.15) is 0 Å². The van der Waals surface area contributed by atoms with E-state index < -0.39 is 10.0 Å². The second-order valence-corrected chi connectivity index (χ2v) is 9.30. The number of ether oxygens (including phenoxy) is 1. The average molecular weight is 362 g/mol. The molecule has 0 radical (unpaired) electrons. The zero-order chi connectivity index (χ0) is 17.8. The van der Waals surface area contributed by atoms with Crippen molar-refractivity contribution in [2.75, 3.05) is 59.2 Å². The van der Waals surface area contributed by atoms with Gasteiger partial charge in [0.2, 0.25) is 15.9 Å². The molecule has 0 saturated carbocycles. The van der Waals surface area contributed by atoms with Crippen molar-refractivity contribution in [2.45, 2.75) is 38.2 Å². The van der Waals surface area contributed by atoms with Gasteiger partial charge in [0.05, 0.1) is 18.0 Å². The van der Waals surface area contributed by atoms with Crippen LogP contribution in [0.1, 0.15) is 32.6 Å². The first-order valence-electron chi connectivity index (χ1n) is 8.82. The summed E-state index contributed by atoms with van der Waals surface area (Å²) >= 11 is 0. The summed E-state index contributed by atoms with van der Waals surface area (Å²) in [6.07, 6.45) is 2.92. The highest BCUT2D eigenvalue weighted by Crippen LogP contribution is 2.30. The van der Waals surface area contributed by atoms with Gasteiger partial charge in [0.15, 0.2) is 0 Å². The number of amides is 1. The molecule has 2 saturated heterocycles. The maximum Gasteiger partial charge on any atom is 0.222 e. The fourth-order valence-corrected chi connectivity index (χ4v) is 4.32. The van der Waals surface area contributed by atoms with E-state index in [9.17, 15) is 13.2 Å². The molecule has 1 spiro atoms. The first-order chi connectivity index (χ1) is 11.3. The zero-order valence-electron chi connectivity index (χ0n) is 15.2. The largest absolute Gasteiger partial charge is 0.372 e. The molecule has 2 rings (SSSR count). The molecule has 0 unspecified atom stereocenters. The van der Waals surface area contributed by atoms with Crippen LogP contribution in [0.4, 0.5) is 0 Å². The third kappa shape index (κ3) is 4.91. The topological polar surface area (TPSA) is 70.2 Å². The van der Waals surface area contributed by atoms with Gasteiger partial charge in [0.1, 0.15) is 0 Å². The Labute approximate surface area is 146 Å². The monoisotopic (exact) mass is 361 g/mol. The molecule has 2 heterocycles. The van der Waals surface area contributed by atoms with Gasteiger partial charge in [-0.25, -0.2) is 12.7 Å². The van der Waals surface area contributed by atoms with Gasteiger partial charge in [-0.3, -0.25) is 9.69 Å². The molecule has 8 heteroatoms. The molecule has 0 aromatic rings. The Bertz CT molecular complexity index is 527. The van der Waals surface area contributed by atoms with Gasteiger partial charge in [-0.15, -0.1) is 0 Å². The van der Waals surface area contributed by atoms with Crippen LogP contribution in [0.25, 0.3) is 0 Å². The lowest BCUT2D eigenvalue weighted by atomic mass is 9.89. The number of hydrogen-bond donors (Lipinski definition) is 0. The van der Waals surface area contributed by atoms with Crippen LogP contribution in [0.5, 0.6) is 0 Å². The van der Waals surface area contributed by atoms with Crippen molar-refractivity contribution < 1.29 is 17.9 Å². The highest BCUT2D eigenvalue weighted by molar-refractivity contribution is 7.89. The third-order valence-electron chi connectivity index (χ3n) is 5.09. The second-order valence-electron chi connectivity index (χ2n) is 6.99. The molecule has 2 aliphatic heterocycles. The van der Waals surface area contributed by atoms with Crippen LogP contribution in [0.15, 0.2) is 0 Å². The first-order valence-corrected chi connectivity index (χ1v) is 10.4. The quantitative estimate of drug-likeness (QED) is 0.684. The van der Waals surface area contributed by atoms with Crippen LogP contribution in [0.3, 0.4) is 0 Å². The number of hydrogen-bond acceptors (Lipinski definition) is 5. The molecule has 24 heavy (non-hydrogen) atoms. The van der Waals surface area contributed by atoms with Gasteiger partial charge >= 0.3 is 0 Å². The predicted octanol–water partition coefficient (Wildman–Crippen LogP) is 0.371. The second kappa shape index (κ2) is 8.12. The molecule has 0 aliphatic carbocycles. The normalized spacial score (nSPS) is 22.2. The Morgan fingerprint density at radius 2 is 1.88 bits per heavy atom. The number of piperidine rings is 1. The summed E-state index contributed by atoms with van der Waals surface area (Å²) < 4.78 is 31.0. The van der Waals surface area contributed by atoms with Crippen LogP contribution in [-0.2, 0) is 19.6 Å². The summed E-state index contributed by atoms with van der Waals surface area (Å²) in [7, 11) is 0.0268. The number of rotatable bonds is 6. The van der Waals surface area contributed by atoms with Crippen LogP contribution < -0.4 is 0 Å². The Kier molecular flexibility index (Phi) is 6.64. The Hall–Kier alpha value is -0.700. The smallest absolute Gasteiger partial charge is 0.222 e. The molecule has 0 aromatic carbocycles. The molecule has 0 aromatic heterocycles. The minimum atomic E-state index is -3.12. The zero-order valence-corrected chi connectivity index (χ0v) is 16.0. The minimum Gasteiger partial charge on any atom is -0.372 e. The van der Waals surface area contributed by atoms with Gasteiger partial charge in [-0.1, -0.05) is 6.92 Å². The van der Waals surface area contributed by atoms with Crippen molar-refractivity contribution in [3.8, 4) is 0 Å². The molecule has 7 nitrogen and oxygen atoms in total. The van der Waals surface area contributed by atoms with Crippen molar-refractivity contribution in [3.05, 3.63) is 0 Å². The first kappa shape index (κ1) is 19.6. The third-order valence-corrected chi connectivity index (χ3v) is 7.01. The highest BCUT2D eigenvalue weighted by Gasteiger charge is 2.40. The molecule has 0 atom stereocenters. The summed E-state index contributed by atoms with van der Waals surface area (Å²) in [5, 5.41) is 0. The summed E-state index contributed by atoms with van der Waals surface area (Å²) in [4.78, 5) is 16.0. The minimum absolute atomic E-state index is 0.163. The van der Waals surface area contributed by atoms with Crippen LogP contribution >= 0.6 is 0 Å². The highest BCUT2D eigenvalue weighted by atomic mass is 32.2. The van der Waals surface area contributed by atoms with Crippen molar-refractivity contribution in [1.82, 2.24) is 14.1 Å². The summed E-state index contributed by atoms with van der Waals surface area (Å²) in [5.74, 6) is 0.398. The van der Waals surface area contributed by atoms with Crippen LogP contribution in [0, 0.1) is 0 Å². The maximum atomic E-state index is 11.8. The van der Waals surface area contributed by atoms with Crippen LogP contribution in [-0.4, -0.2) is 93.2 Å². The van der Waals surface area contributed by atoms with Crippen molar-refractivity contribution in [3.63, 3.8) is 0 Å². The lowest BCUT2D eigenvalue weighted by molar-refractivity contribution is -0.150. The Morgan fingerprint density at radius 3 is 2.46 bits per heavy atom. The Morgan fingerprint density at radius 1 is 1.21 bits per heavy atom. The summed E-state index contributed by atoms with van der Waals surface area (Å²) in [6.45, 7) is 6.56. The van der Waals surface area contributed by atoms with E-state index in [0.29, 0.717) is 19.4 Å². The van der Waals surface area contributed by atoms with E-state index in [2.05, 4.69) is 4.90 Å². The molecule has 140 valence electrons. The van der Waals surface area contributed by atoms with E-state index in [0.717, 1.165) is 45.6 Å². The van der Waals surface area contributed by atoms with Crippen molar-refractivity contribution in [1.29, 1.82) is 0 Å². The van der Waals surface area contributed by atoms with E-state index in [1.165, 1.54) is 4.31 Å². The van der Waals surface area contributed by atoms with Crippen molar-refractivity contribution >= 4 is 15.9 Å². The number of morpholine rings is 1. The number of nitrogens with zero attached hydrogens (tertiary/aromatic N) is 3. The standard InChI is InChI=1S/C16H31N3O4S/c1-4-15(20)19-9-6-16(7-10-19)14-18(11-12-23-16)8-5-13-24(21,22)17(2)3/h4-14H2,1-3H3.